The molecule has 2 atom stereocenters. The van der Waals surface area contributed by atoms with Crippen LogP contribution in [0.1, 0.15) is 12.0 Å². The number of aromatic nitrogens is 2. The van der Waals surface area contributed by atoms with Gasteiger partial charge in [0.15, 0.2) is 11.5 Å². The quantitative estimate of drug-likeness (QED) is 0.569. The monoisotopic (exact) mass is 436 g/mol. The van der Waals surface area contributed by atoms with Crippen LogP contribution >= 0.6 is 0 Å². The van der Waals surface area contributed by atoms with E-state index in [1.54, 1.807) is 24.3 Å². The highest BCUT2D eigenvalue weighted by Gasteiger charge is 2.57. The minimum absolute atomic E-state index is 0.120. The van der Waals surface area contributed by atoms with E-state index >= 15 is 0 Å². The Bertz CT molecular complexity index is 1180. The third-order valence-electron chi connectivity index (χ3n) is 6.18. The van der Waals surface area contributed by atoms with Crippen molar-refractivity contribution in [3.63, 3.8) is 0 Å². The summed E-state index contributed by atoms with van der Waals surface area (Å²) in [6.45, 7) is 3.04. The summed E-state index contributed by atoms with van der Waals surface area (Å²) in [6, 6.07) is 20.6. The molecule has 3 heterocycles. The Morgan fingerprint density at radius 3 is 2.42 bits per heavy atom. The van der Waals surface area contributed by atoms with Gasteiger partial charge in [0.2, 0.25) is 0 Å². The molecule has 2 aliphatic heterocycles. The molecule has 5 rings (SSSR count). The molecule has 0 N–H and O–H groups in total. The largest absolute Gasteiger partial charge is 0.346 e. The fourth-order valence-corrected chi connectivity index (χ4v) is 5.67. The highest BCUT2D eigenvalue weighted by atomic mass is 32.2. The number of likely N-dealkylation sites (N-methyl/N-ethyl adjacent to an activating group) is 1. The Hall–Kier alpha value is -2.81. The Balaban J connectivity index is 1.38. The van der Waals surface area contributed by atoms with Gasteiger partial charge in [-0.2, -0.15) is 8.42 Å². The van der Waals surface area contributed by atoms with Crippen LogP contribution in [0.4, 0.5) is 5.82 Å². The minimum atomic E-state index is -3.89. The first-order valence-corrected chi connectivity index (χ1v) is 11.7. The molecular formula is C23H24N4O3S. The van der Waals surface area contributed by atoms with Gasteiger partial charge in [0.05, 0.1) is 17.1 Å². The van der Waals surface area contributed by atoms with E-state index < -0.39 is 15.8 Å². The number of likely N-dealkylation sites (tertiary alicyclic amines) is 1. The van der Waals surface area contributed by atoms with Crippen molar-refractivity contribution in [1.82, 2.24) is 15.1 Å². The molecule has 8 heteroatoms. The predicted octanol–water partition coefficient (Wildman–Crippen LogP) is 3.08. The zero-order valence-electron chi connectivity index (χ0n) is 17.5. The molecule has 1 aromatic heterocycles. The van der Waals surface area contributed by atoms with Gasteiger partial charge >= 0.3 is 0 Å². The number of rotatable bonds is 5. The van der Waals surface area contributed by atoms with Crippen molar-refractivity contribution in [2.75, 3.05) is 25.0 Å². The van der Waals surface area contributed by atoms with E-state index in [1.807, 2.05) is 61.3 Å². The molecule has 0 radical (unpaired) electrons. The first kappa shape index (κ1) is 20.1. The molecule has 160 valence electrons. The smallest absolute Gasteiger partial charge is 0.298 e. The van der Waals surface area contributed by atoms with Gasteiger partial charge < -0.3 is 4.90 Å². The number of nitrogens with zero attached hydrogens (tertiary/aromatic N) is 4. The molecule has 0 aliphatic carbocycles. The van der Waals surface area contributed by atoms with E-state index in [0.29, 0.717) is 19.5 Å². The fraction of sp³-hybridized carbons (Fsp3) is 0.304. The van der Waals surface area contributed by atoms with Crippen molar-refractivity contribution in [1.29, 1.82) is 0 Å². The number of fused-ring (bicyclic) bond motifs is 2. The maximum Gasteiger partial charge on any atom is 0.298 e. The average Bonchev–Trinajstić information content (AvgIpc) is 3.28. The first-order valence-electron chi connectivity index (χ1n) is 10.3. The van der Waals surface area contributed by atoms with E-state index in [2.05, 4.69) is 15.1 Å². The van der Waals surface area contributed by atoms with E-state index in [1.165, 1.54) is 0 Å². The van der Waals surface area contributed by atoms with E-state index in [4.69, 9.17) is 4.18 Å². The molecule has 2 saturated heterocycles. The lowest BCUT2D eigenvalue weighted by molar-refractivity contribution is -0.0255. The number of hydrogen-bond donors (Lipinski definition) is 0. The second kappa shape index (κ2) is 7.40. The summed E-state index contributed by atoms with van der Waals surface area (Å²) in [5, 5.41) is 8.81. The van der Waals surface area contributed by atoms with Gasteiger partial charge in [-0.15, -0.1) is 10.2 Å². The van der Waals surface area contributed by atoms with Crippen LogP contribution in [0.2, 0.25) is 0 Å². The van der Waals surface area contributed by atoms with Crippen LogP contribution in [0, 0.1) is 6.92 Å². The van der Waals surface area contributed by atoms with Gasteiger partial charge in [0.1, 0.15) is 0 Å². The van der Waals surface area contributed by atoms with Gasteiger partial charge in [0.25, 0.3) is 10.1 Å². The summed E-state index contributed by atoms with van der Waals surface area (Å²) in [7, 11) is -1.98. The van der Waals surface area contributed by atoms with Crippen molar-refractivity contribution in [2.45, 2.75) is 30.0 Å². The Kier molecular flexibility index (Phi) is 4.80. The van der Waals surface area contributed by atoms with Crippen LogP contribution in [0.3, 0.4) is 0 Å². The summed E-state index contributed by atoms with van der Waals surface area (Å²) >= 11 is 0. The SMILES string of the molecule is Cc1ccc(S(=O)(=O)OC23CC(CN2C)N(c2ccc(-c4ccccc4)nn2)C3)cc1. The third kappa shape index (κ3) is 3.60. The molecule has 0 amide bonds. The lowest BCUT2D eigenvalue weighted by Gasteiger charge is -2.39. The molecule has 31 heavy (non-hydrogen) atoms. The maximum atomic E-state index is 13.0. The summed E-state index contributed by atoms with van der Waals surface area (Å²) in [5.74, 6) is 0.732. The normalized spacial score (nSPS) is 23.4. The minimum Gasteiger partial charge on any atom is -0.346 e. The molecule has 3 aromatic rings. The fourth-order valence-electron chi connectivity index (χ4n) is 4.45. The van der Waals surface area contributed by atoms with Gasteiger partial charge in [-0.1, -0.05) is 48.0 Å². The molecule has 2 unspecified atom stereocenters. The van der Waals surface area contributed by atoms with Crippen LogP contribution in [0.25, 0.3) is 11.3 Å². The summed E-state index contributed by atoms with van der Waals surface area (Å²) < 4.78 is 31.8. The number of piperazine rings is 1. The number of aryl methyl sites for hydroxylation is 1. The Morgan fingerprint density at radius 2 is 1.74 bits per heavy atom. The maximum absolute atomic E-state index is 13.0. The van der Waals surface area contributed by atoms with Gasteiger partial charge in [-0.25, -0.2) is 4.18 Å². The summed E-state index contributed by atoms with van der Waals surface area (Å²) in [6.07, 6.45) is 0.594. The topological polar surface area (TPSA) is 75.6 Å². The highest BCUT2D eigenvalue weighted by molar-refractivity contribution is 7.86. The molecule has 2 bridgehead atoms. The van der Waals surface area contributed by atoms with Crippen LogP contribution in [-0.2, 0) is 14.3 Å². The molecule has 2 aromatic carbocycles. The predicted molar refractivity (Wildman–Crippen MR) is 118 cm³/mol. The van der Waals surface area contributed by atoms with Crippen LogP contribution < -0.4 is 4.90 Å². The molecule has 0 spiro atoms. The van der Waals surface area contributed by atoms with Crippen molar-refractivity contribution >= 4 is 15.9 Å². The van der Waals surface area contributed by atoms with Gasteiger partial charge in [-0.05, 0) is 38.2 Å². The van der Waals surface area contributed by atoms with E-state index in [0.717, 1.165) is 22.6 Å². The van der Waals surface area contributed by atoms with E-state index in [9.17, 15) is 8.42 Å². The van der Waals surface area contributed by atoms with Crippen molar-refractivity contribution < 1.29 is 12.6 Å². The highest BCUT2D eigenvalue weighted by Crippen LogP contribution is 2.43. The summed E-state index contributed by atoms with van der Waals surface area (Å²) in [5.41, 5.74) is 1.90. The molecular weight excluding hydrogens is 412 g/mol. The van der Waals surface area contributed by atoms with Crippen LogP contribution in [0.5, 0.6) is 0 Å². The molecule has 2 fully saturated rings. The standard InChI is InChI=1S/C23H24N4O3S/c1-17-8-10-20(11-9-17)31(28,29)30-23-14-19(15-26(23)2)27(16-23)22-13-12-21(24-25-22)18-6-4-3-5-7-18/h3-13,19H,14-16H2,1-2H3. The zero-order chi connectivity index (χ0) is 21.6. The number of anilines is 1. The van der Waals surface area contributed by atoms with Crippen molar-refractivity contribution in [2.24, 2.45) is 0 Å². The van der Waals surface area contributed by atoms with Gasteiger partial charge in [0, 0.05) is 24.6 Å². The Morgan fingerprint density at radius 1 is 1.00 bits per heavy atom. The lowest BCUT2D eigenvalue weighted by Crippen LogP contribution is -2.54. The molecule has 2 aliphatic rings. The van der Waals surface area contributed by atoms with Crippen molar-refractivity contribution in [3.05, 3.63) is 72.3 Å². The van der Waals surface area contributed by atoms with Crippen LogP contribution in [0.15, 0.2) is 71.6 Å². The second-order valence-corrected chi connectivity index (χ2v) is 9.85. The second-order valence-electron chi connectivity index (χ2n) is 8.31. The van der Waals surface area contributed by atoms with Gasteiger partial charge in [-0.3, -0.25) is 4.90 Å². The number of benzene rings is 2. The molecule has 7 nitrogen and oxygen atoms in total. The average molecular weight is 437 g/mol. The van der Waals surface area contributed by atoms with Crippen molar-refractivity contribution in [3.8, 4) is 11.3 Å². The third-order valence-corrected chi connectivity index (χ3v) is 7.56. The van der Waals surface area contributed by atoms with Crippen LogP contribution in [-0.4, -0.2) is 55.4 Å². The zero-order valence-corrected chi connectivity index (χ0v) is 18.3. The summed E-state index contributed by atoms with van der Waals surface area (Å²) in [4.78, 5) is 4.27. The Labute approximate surface area is 182 Å². The van der Waals surface area contributed by atoms with E-state index in [-0.39, 0.29) is 10.9 Å². The first-order chi connectivity index (χ1) is 14.9. The number of hydrogen-bond acceptors (Lipinski definition) is 7. The lowest BCUT2D eigenvalue weighted by atomic mass is 10.1. The molecule has 0 saturated carbocycles.